The van der Waals surface area contributed by atoms with Crippen LogP contribution in [0.3, 0.4) is 0 Å². The third-order valence-electron chi connectivity index (χ3n) is 3.03. The quantitative estimate of drug-likeness (QED) is 0.567. The Hall–Kier alpha value is -1.93. The van der Waals surface area contributed by atoms with Crippen LogP contribution in [-0.4, -0.2) is 40.4 Å². The summed E-state index contributed by atoms with van der Waals surface area (Å²) in [4.78, 5) is 23.1. The highest BCUT2D eigenvalue weighted by Crippen LogP contribution is 2.26. The van der Waals surface area contributed by atoms with Crippen molar-refractivity contribution in [3.05, 3.63) is 11.4 Å². The zero-order valence-electron chi connectivity index (χ0n) is 11.7. The lowest BCUT2D eigenvalue weighted by atomic mass is 10.2. The molecule has 0 aliphatic carbocycles. The minimum absolute atomic E-state index is 0.0109. The number of nitrogen functional groups attached to an aromatic ring is 1. The van der Waals surface area contributed by atoms with Gasteiger partial charge in [0.1, 0.15) is 16.7 Å². The number of carbonyl (C=O) groups is 1. The Morgan fingerprint density at radius 3 is 2.95 bits per heavy atom. The predicted molar refractivity (Wildman–Crippen MR) is 81.6 cm³/mol. The summed E-state index contributed by atoms with van der Waals surface area (Å²) < 4.78 is 0. The number of hydrogen-bond donors (Lipinski definition) is 3. The molecule has 1 amide bonds. The number of rotatable bonds is 5. The number of nitrogens with one attached hydrogen (secondary N) is 2. The highest BCUT2D eigenvalue weighted by Gasteiger charge is 2.18. The Labute approximate surface area is 121 Å². The molecule has 0 saturated carbocycles. The number of nitrogens with two attached hydrogens (primary N) is 1. The van der Waals surface area contributed by atoms with Gasteiger partial charge in [-0.05, 0) is 25.3 Å². The van der Waals surface area contributed by atoms with Crippen molar-refractivity contribution in [2.75, 3.05) is 24.3 Å². The first-order chi connectivity index (χ1) is 9.56. The number of amides is 1. The number of nitrogens with zero attached hydrogens (tertiary/aromatic N) is 3. The zero-order valence-corrected chi connectivity index (χ0v) is 12.5. The molecule has 0 bridgehead atoms. The Kier molecular flexibility index (Phi) is 4.35. The van der Waals surface area contributed by atoms with E-state index in [-0.39, 0.29) is 11.9 Å². The fourth-order valence-corrected chi connectivity index (χ4v) is 2.55. The average Bonchev–Trinajstić information content (AvgIpc) is 2.93. The number of aromatic nitrogens is 2. The van der Waals surface area contributed by atoms with Crippen LogP contribution in [0.25, 0.3) is 10.2 Å². The Morgan fingerprint density at radius 2 is 2.30 bits per heavy atom. The van der Waals surface area contributed by atoms with Gasteiger partial charge in [-0.2, -0.15) is 4.98 Å². The maximum Gasteiger partial charge on any atom is 0.244 e. The van der Waals surface area contributed by atoms with Crippen LogP contribution in [0.2, 0.25) is 0 Å². The lowest BCUT2D eigenvalue weighted by Crippen LogP contribution is -2.39. The number of likely N-dealkylation sites (N-methyl/N-ethyl adjacent to an activating group) is 1. The van der Waals surface area contributed by atoms with Gasteiger partial charge in [-0.3, -0.25) is 10.2 Å². The number of anilines is 2. The van der Waals surface area contributed by atoms with Gasteiger partial charge in [0.2, 0.25) is 11.9 Å². The SMILES string of the molecule is CCN(C)C(=O)C(C)Nc1nc(NN)nc2sccc12. The molecule has 20 heavy (non-hydrogen) atoms. The topological polar surface area (TPSA) is 96.2 Å². The highest BCUT2D eigenvalue weighted by atomic mass is 32.1. The number of hydrogen-bond acceptors (Lipinski definition) is 7. The summed E-state index contributed by atoms with van der Waals surface area (Å²) >= 11 is 1.50. The van der Waals surface area contributed by atoms with Gasteiger partial charge in [0, 0.05) is 13.6 Å². The monoisotopic (exact) mass is 294 g/mol. The van der Waals surface area contributed by atoms with E-state index in [1.807, 2.05) is 25.3 Å². The van der Waals surface area contributed by atoms with E-state index in [1.165, 1.54) is 11.3 Å². The molecule has 0 radical (unpaired) electrons. The summed E-state index contributed by atoms with van der Waals surface area (Å²) in [5, 5.41) is 5.94. The molecular formula is C12H18N6OS. The van der Waals surface area contributed by atoms with E-state index in [0.717, 1.165) is 10.2 Å². The van der Waals surface area contributed by atoms with Crippen molar-refractivity contribution >= 4 is 39.2 Å². The minimum atomic E-state index is -0.372. The molecule has 2 aromatic rings. The van der Waals surface area contributed by atoms with Crippen LogP contribution in [0.15, 0.2) is 11.4 Å². The summed E-state index contributed by atoms with van der Waals surface area (Å²) in [7, 11) is 1.77. The Bertz CT molecular complexity index is 613. The van der Waals surface area contributed by atoms with Crippen LogP contribution in [-0.2, 0) is 4.79 Å². The maximum absolute atomic E-state index is 12.1. The van der Waals surface area contributed by atoms with Crippen LogP contribution in [0.4, 0.5) is 11.8 Å². The zero-order chi connectivity index (χ0) is 14.7. The molecule has 8 heteroatoms. The predicted octanol–water partition coefficient (Wildman–Crippen LogP) is 1.26. The maximum atomic E-state index is 12.1. The molecule has 1 unspecified atom stereocenters. The van der Waals surface area contributed by atoms with Gasteiger partial charge < -0.3 is 10.2 Å². The molecule has 0 aromatic carbocycles. The van der Waals surface area contributed by atoms with Crippen LogP contribution in [0.5, 0.6) is 0 Å². The van der Waals surface area contributed by atoms with E-state index < -0.39 is 0 Å². The summed E-state index contributed by atoms with van der Waals surface area (Å²) in [6.07, 6.45) is 0. The molecule has 0 aliphatic rings. The molecule has 0 spiro atoms. The van der Waals surface area contributed by atoms with E-state index in [2.05, 4.69) is 20.7 Å². The first-order valence-electron chi connectivity index (χ1n) is 6.30. The largest absolute Gasteiger partial charge is 0.358 e. The van der Waals surface area contributed by atoms with Crippen LogP contribution >= 0.6 is 11.3 Å². The number of fused-ring (bicyclic) bond motifs is 1. The second kappa shape index (κ2) is 6.02. The van der Waals surface area contributed by atoms with Crippen molar-refractivity contribution < 1.29 is 4.79 Å². The summed E-state index contributed by atoms with van der Waals surface area (Å²) in [6, 6.07) is 1.55. The van der Waals surface area contributed by atoms with Crippen molar-refractivity contribution in [3.8, 4) is 0 Å². The number of hydrazine groups is 1. The van der Waals surface area contributed by atoms with E-state index in [9.17, 15) is 4.79 Å². The molecule has 4 N–H and O–H groups in total. The minimum Gasteiger partial charge on any atom is -0.358 e. The summed E-state index contributed by atoms with van der Waals surface area (Å²) in [6.45, 7) is 4.41. The van der Waals surface area contributed by atoms with Crippen LogP contribution in [0, 0.1) is 0 Å². The second-order valence-corrected chi connectivity index (χ2v) is 5.29. The van der Waals surface area contributed by atoms with Gasteiger partial charge in [-0.1, -0.05) is 0 Å². The van der Waals surface area contributed by atoms with E-state index in [1.54, 1.807) is 11.9 Å². The summed E-state index contributed by atoms with van der Waals surface area (Å²) in [5.74, 6) is 6.31. The molecule has 0 fully saturated rings. The van der Waals surface area contributed by atoms with Gasteiger partial charge in [0.15, 0.2) is 0 Å². The Morgan fingerprint density at radius 1 is 1.55 bits per heavy atom. The van der Waals surface area contributed by atoms with Crippen molar-refractivity contribution in [3.63, 3.8) is 0 Å². The van der Waals surface area contributed by atoms with Crippen LogP contribution < -0.4 is 16.6 Å². The van der Waals surface area contributed by atoms with Crippen molar-refractivity contribution in [1.29, 1.82) is 0 Å². The standard InChI is InChI=1S/C12H18N6OS/c1-4-18(3)11(19)7(2)14-9-8-5-6-20-10(8)16-12(15-9)17-13/h5-7H,4,13H2,1-3H3,(H2,14,15,16,17). The van der Waals surface area contributed by atoms with Gasteiger partial charge in [-0.25, -0.2) is 10.8 Å². The molecule has 0 saturated heterocycles. The van der Waals surface area contributed by atoms with E-state index >= 15 is 0 Å². The first kappa shape index (κ1) is 14.5. The fourth-order valence-electron chi connectivity index (χ4n) is 1.78. The highest BCUT2D eigenvalue weighted by molar-refractivity contribution is 7.16. The van der Waals surface area contributed by atoms with E-state index in [0.29, 0.717) is 18.3 Å². The molecule has 2 heterocycles. The number of carbonyl (C=O) groups excluding carboxylic acids is 1. The smallest absolute Gasteiger partial charge is 0.244 e. The molecule has 1 atom stereocenters. The fraction of sp³-hybridized carbons (Fsp3) is 0.417. The third-order valence-corrected chi connectivity index (χ3v) is 3.84. The lowest BCUT2D eigenvalue weighted by Gasteiger charge is -2.21. The van der Waals surface area contributed by atoms with Crippen molar-refractivity contribution in [2.24, 2.45) is 5.84 Å². The lowest BCUT2D eigenvalue weighted by molar-refractivity contribution is -0.130. The second-order valence-electron chi connectivity index (χ2n) is 4.40. The molecular weight excluding hydrogens is 276 g/mol. The third kappa shape index (κ3) is 2.81. The van der Waals surface area contributed by atoms with Gasteiger partial charge in [0.25, 0.3) is 0 Å². The summed E-state index contributed by atoms with van der Waals surface area (Å²) in [5.41, 5.74) is 2.43. The molecule has 0 aliphatic heterocycles. The Balaban J connectivity index is 2.28. The van der Waals surface area contributed by atoms with E-state index in [4.69, 9.17) is 5.84 Å². The normalized spacial score (nSPS) is 12.2. The molecule has 7 nitrogen and oxygen atoms in total. The van der Waals surface area contributed by atoms with Gasteiger partial charge in [0.05, 0.1) is 5.39 Å². The van der Waals surface area contributed by atoms with Crippen molar-refractivity contribution in [2.45, 2.75) is 19.9 Å². The average molecular weight is 294 g/mol. The molecule has 2 rings (SSSR count). The molecule has 108 valence electrons. The van der Waals surface area contributed by atoms with Crippen LogP contribution in [0.1, 0.15) is 13.8 Å². The number of thiophene rings is 1. The van der Waals surface area contributed by atoms with Gasteiger partial charge in [-0.15, -0.1) is 11.3 Å². The molecule has 2 aromatic heterocycles. The van der Waals surface area contributed by atoms with Crippen molar-refractivity contribution in [1.82, 2.24) is 14.9 Å². The van der Waals surface area contributed by atoms with Gasteiger partial charge >= 0.3 is 0 Å². The first-order valence-corrected chi connectivity index (χ1v) is 7.18.